The number of ether oxygens (including phenoxy) is 2. The summed E-state index contributed by atoms with van der Waals surface area (Å²) in [6.45, 7) is 2.29. The van der Waals surface area contributed by atoms with Crippen LogP contribution in [0.15, 0.2) is 12.2 Å². The van der Waals surface area contributed by atoms with E-state index in [9.17, 15) is 9.59 Å². The molecule has 0 radical (unpaired) electrons. The Morgan fingerprint density at radius 1 is 1.28 bits per heavy atom. The van der Waals surface area contributed by atoms with Gasteiger partial charge in [-0.25, -0.2) is 4.79 Å². The van der Waals surface area contributed by atoms with Crippen LogP contribution in [-0.4, -0.2) is 24.6 Å². The van der Waals surface area contributed by atoms with E-state index in [4.69, 9.17) is 9.47 Å². The Kier molecular flexibility index (Phi) is 7.14. The summed E-state index contributed by atoms with van der Waals surface area (Å²) in [5.74, 6) is -0.324. The first-order valence-electron chi connectivity index (χ1n) is 6.77. The van der Waals surface area contributed by atoms with Crippen molar-refractivity contribution in [2.24, 2.45) is 0 Å². The molecule has 1 rings (SSSR count). The molecule has 0 amide bonds. The van der Waals surface area contributed by atoms with Crippen molar-refractivity contribution >= 4 is 11.9 Å². The SMILES string of the molecule is CCOC(=O)CCCCCCC[C@@H]1C=CC(=O)O1. The molecule has 1 aliphatic rings. The Labute approximate surface area is 108 Å². The third kappa shape index (κ3) is 6.42. The lowest BCUT2D eigenvalue weighted by atomic mass is 10.1. The third-order valence-corrected chi connectivity index (χ3v) is 2.89. The zero-order chi connectivity index (χ0) is 13.2. The molecular weight excluding hydrogens is 232 g/mol. The maximum atomic E-state index is 11.1. The highest BCUT2D eigenvalue weighted by Gasteiger charge is 2.15. The summed E-state index contributed by atoms with van der Waals surface area (Å²) < 4.78 is 9.89. The van der Waals surface area contributed by atoms with Gasteiger partial charge in [0, 0.05) is 12.5 Å². The summed E-state index contributed by atoms with van der Waals surface area (Å²) >= 11 is 0. The Morgan fingerprint density at radius 2 is 2.00 bits per heavy atom. The average Bonchev–Trinajstić information content (AvgIpc) is 2.74. The van der Waals surface area contributed by atoms with Crippen LogP contribution in [-0.2, 0) is 19.1 Å². The van der Waals surface area contributed by atoms with Crippen molar-refractivity contribution in [3.8, 4) is 0 Å². The standard InChI is InChI=1S/C14H22O4/c1-2-17-13(15)9-7-5-3-4-6-8-12-10-11-14(16)18-12/h10-12H,2-9H2,1H3/t12-/m1/s1. The minimum Gasteiger partial charge on any atom is -0.466 e. The molecule has 102 valence electrons. The third-order valence-electron chi connectivity index (χ3n) is 2.89. The number of carbonyl (C=O) groups is 2. The molecule has 0 unspecified atom stereocenters. The van der Waals surface area contributed by atoms with E-state index < -0.39 is 0 Å². The summed E-state index contributed by atoms with van der Waals surface area (Å²) in [4.78, 5) is 21.9. The van der Waals surface area contributed by atoms with Gasteiger partial charge in [-0.15, -0.1) is 0 Å². The monoisotopic (exact) mass is 254 g/mol. The second-order valence-corrected chi connectivity index (χ2v) is 4.45. The molecule has 1 aliphatic heterocycles. The molecular formula is C14H22O4. The van der Waals surface area contributed by atoms with Crippen molar-refractivity contribution in [2.45, 2.75) is 58.0 Å². The Balaban J connectivity index is 1.86. The molecule has 1 atom stereocenters. The molecule has 1 heterocycles. The zero-order valence-electron chi connectivity index (χ0n) is 11.0. The molecule has 0 saturated carbocycles. The summed E-state index contributed by atoms with van der Waals surface area (Å²) in [5, 5.41) is 0. The number of hydrogen-bond donors (Lipinski definition) is 0. The molecule has 0 aromatic rings. The van der Waals surface area contributed by atoms with Gasteiger partial charge in [0.1, 0.15) is 6.10 Å². The first kappa shape index (κ1) is 14.7. The lowest BCUT2D eigenvalue weighted by molar-refractivity contribution is -0.143. The van der Waals surface area contributed by atoms with Gasteiger partial charge in [-0.05, 0) is 32.3 Å². The lowest BCUT2D eigenvalue weighted by Gasteiger charge is -2.07. The maximum absolute atomic E-state index is 11.1. The zero-order valence-corrected chi connectivity index (χ0v) is 11.0. The Hall–Kier alpha value is -1.32. The molecule has 0 aromatic heterocycles. The van der Waals surface area contributed by atoms with E-state index >= 15 is 0 Å². The highest BCUT2D eigenvalue weighted by atomic mass is 16.5. The summed E-state index contributed by atoms with van der Waals surface area (Å²) in [5.41, 5.74) is 0. The van der Waals surface area contributed by atoms with E-state index in [1.807, 2.05) is 13.0 Å². The molecule has 0 bridgehead atoms. The van der Waals surface area contributed by atoms with Crippen molar-refractivity contribution in [3.05, 3.63) is 12.2 Å². The van der Waals surface area contributed by atoms with Crippen LogP contribution in [0.2, 0.25) is 0 Å². The predicted octanol–water partition coefficient (Wildman–Crippen LogP) is 2.76. The van der Waals surface area contributed by atoms with Crippen molar-refractivity contribution in [1.82, 2.24) is 0 Å². The van der Waals surface area contributed by atoms with Crippen LogP contribution in [0.25, 0.3) is 0 Å². The molecule has 0 aromatic carbocycles. The molecule has 0 aliphatic carbocycles. The minimum absolute atomic E-state index is 0.0166. The van der Waals surface area contributed by atoms with Gasteiger partial charge in [0.25, 0.3) is 0 Å². The first-order valence-corrected chi connectivity index (χ1v) is 6.77. The number of esters is 2. The predicted molar refractivity (Wildman–Crippen MR) is 68.0 cm³/mol. The first-order chi connectivity index (χ1) is 8.72. The number of carbonyl (C=O) groups excluding carboxylic acids is 2. The van der Waals surface area contributed by atoms with Crippen LogP contribution in [0.4, 0.5) is 0 Å². The molecule has 4 heteroatoms. The van der Waals surface area contributed by atoms with Gasteiger partial charge in [-0.3, -0.25) is 4.79 Å². The van der Waals surface area contributed by atoms with E-state index in [-0.39, 0.29) is 18.0 Å². The number of hydrogen-bond acceptors (Lipinski definition) is 4. The van der Waals surface area contributed by atoms with Crippen LogP contribution in [0, 0.1) is 0 Å². The quantitative estimate of drug-likeness (QED) is 0.469. The van der Waals surface area contributed by atoms with Crippen LogP contribution in [0.3, 0.4) is 0 Å². The van der Waals surface area contributed by atoms with Crippen LogP contribution >= 0.6 is 0 Å². The Morgan fingerprint density at radius 3 is 2.67 bits per heavy atom. The highest BCUT2D eigenvalue weighted by Crippen LogP contribution is 2.14. The summed E-state index contributed by atoms with van der Waals surface area (Å²) in [6, 6.07) is 0. The number of rotatable bonds is 9. The molecule has 0 spiro atoms. The molecule has 4 nitrogen and oxygen atoms in total. The largest absolute Gasteiger partial charge is 0.466 e. The fraction of sp³-hybridized carbons (Fsp3) is 0.714. The van der Waals surface area contributed by atoms with Gasteiger partial charge < -0.3 is 9.47 Å². The average molecular weight is 254 g/mol. The molecule has 0 N–H and O–H groups in total. The van der Waals surface area contributed by atoms with Crippen molar-refractivity contribution < 1.29 is 19.1 Å². The fourth-order valence-electron chi connectivity index (χ4n) is 1.95. The second-order valence-electron chi connectivity index (χ2n) is 4.45. The summed E-state index contributed by atoms with van der Waals surface area (Å²) in [7, 11) is 0. The summed E-state index contributed by atoms with van der Waals surface area (Å²) in [6.07, 6.45) is 9.97. The van der Waals surface area contributed by atoms with Crippen LogP contribution in [0.1, 0.15) is 51.9 Å². The van der Waals surface area contributed by atoms with Gasteiger partial charge in [0.2, 0.25) is 0 Å². The van der Waals surface area contributed by atoms with Gasteiger partial charge >= 0.3 is 11.9 Å². The maximum Gasteiger partial charge on any atom is 0.331 e. The highest BCUT2D eigenvalue weighted by molar-refractivity contribution is 5.84. The number of cyclic esters (lactones) is 1. The normalized spacial score (nSPS) is 17.8. The molecule has 0 saturated heterocycles. The van der Waals surface area contributed by atoms with Crippen LogP contribution < -0.4 is 0 Å². The second kappa shape index (κ2) is 8.72. The van der Waals surface area contributed by atoms with E-state index in [0.29, 0.717) is 13.0 Å². The smallest absolute Gasteiger partial charge is 0.331 e. The Bertz CT molecular complexity index is 296. The molecule has 0 fully saturated rings. The fourth-order valence-corrected chi connectivity index (χ4v) is 1.95. The van der Waals surface area contributed by atoms with Crippen molar-refractivity contribution in [2.75, 3.05) is 6.61 Å². The van der Waals surface area contributed by atoms with Crippen LogP contribution in [0.5, 0.6) is 0 Å². The number of unbranched alkanes of at least 4 members (excludes halogenated alkanes) is 4. The van der Waals surface area contributed by atoms with Gasteiger partial charge in [-0.2, -0.15) is 0 Å². The van der Waals surface area contributed by atoms with Gasteiger partial charge in [-0.1, -0.05) is 19.3 Å². The minimum atomic E-state index is -0.227. The van der Waals surface area contributed by atoms with Crippen molar-refractivity contribution in [3.63, 3.8) is 0 Å². The van der Waals surface area contributed by atoms with E-state index in [0.717, 1.165) is 38.5 Å². The molecule has 18 heavy (non-hydrogen) atoms. The topological polar surface area (TPSA) is 52.6 Å². The van der Waals surface area contributed by atoms with E-state index in [1.165, 1.54) is 6.08 Å². The lowest BCUT2D eigenvalue weighted by Crippen LogP contribution is -2.07. The van der Waals surface area contributed by atoms with Crippen molar-refractivity contribution in [1.29, 1.82) is 0 Å². The van der Waals surface area contributed by atoms with E-state index in [1.54, 1.807) is 0 Å². The van der Waals surface area contributed by atoms with Gasteiger partial charge in [0.15, 0.2) is 0 Å². The van der Waals surface area contributed by atoms with Gasteiger partial charge in [0.05, 0.1) is 6.61 Å². The van der Waals surface area contributed by atoms with E-state index in [2.05, 4.69) is 0 Å².